The molecule has 0 amide bonds. The summed E-state index contributed by atoms with van der Waals surface area (Å²) >= 11 is 0. The molecule has 0 aromatic rings. The topological polar surface area (TPSA) is 49.9 Å². The zero-order valence-corrected chi connectivity index (χ0v) is 4.74. The van der Waals surface area contributed by atoms with E-state index < -0.39 is 0 Å². The van der Waals surface area contributed by atoms with Gasteiger partial charge in [-0.1, -0.05) is 0 Å². The van der Waals surface area contributed by atoms with Crippen LogP contribution in [-0.4, -0.2) is 5.84 Å². The van der Waals surface area contributed by atoms with Crippen LogP contribution < -0.4 is 5.73 Å². The lowest BCUT2D eigenvalue weighted by molar-refractivity contribution is 0.636. The van der Waals surface area contributed by atoms with E-state index in [2.05, 4.69) is 0 Å². The number of allylic oxidation sites excluding steroid dienone is 1. The Balaban J connectivity index is 3.45. The third-order valence-corrected chi connectivity index (χ3v) is 0.603. The fourth-order valence-corrected chi connectivity index (χ4v) is 0.251. The summed E-state index contributed by atoms with van der Waals surface area (Å²) in [5.74, 6) is -0.304. The van der Waals surface area contributed by atoms with Gasteiger partial charge in [-0.15, -0.1) is 0 Å². The summed E-state index contributed by atoms with van der Waals surface area (Å²) in [4.78, 5) is 0. The lowest BCUT2D eigenvalue weighted by Crippen LogP contribution is -2.06. The highest BCUT2D eigenvalue weighted by molar-refractivity contribution is 5.78. The molecule has 46 valence electrons. The Morgan fingerprint density at radius 1 is 1.88 bits per heavy atom. The van der Waals surface area contributed by atoms with Crippen molar-refractivity contribution in [3.05, 3.63) is 11.9 Å². The van der Waals surface area contributed by atoms with Crippen LogP contribution in [0.25, 0.3) is 0 Å². The first-order valence-corrected chi connectivity index (χ1v) is 2.28. The molecule has 0 atom stereocenters. The maximum absolute atomic E-state index is 11.8. The molecular weight excluding hydrogens is 107 g/mol. The smallest absolute Gasteiger partial charge is 0.0944 e. The van der Waals surface area contributed by atoms with Crippen LogP contribution in [0.4, 0.5) is 4.39 Å². The zero-order valence-electron chi connectivity index (χ0n) is 4.74. The monoisotopic (exact) mass is 116 g/mol. The third kappa shape index (κ3) is 5.14. The van der Waals surface area contributed by atoms with E-state index in [0.717, 1.165) is 0 Å². The Bertz CT molecular complexity index is 114. The van der Waals surface area contributed by atoms with E-state index in [1.165, 1.54) is 13.0 Å². The van der Waals surface area contributed by atoms with Gasteiger partial charge in [0.15, 0.2) is 0 Å². The van der Waals surface area contributed by atoms with E-state index in [9.17, 15) is 4.39 Å². The highest BCUT2D eigenvalue weighted by Gasteiger charge is 1.84. The Labute approximate surface area is 47.7 Å². The van der Waals surface area contributed by atoms with Crippen molar-refractivity contribution in [3.63, 3.8) is 0 Å². The lowest BCUT2D eigenvalue weighted by Gasteiger charge is -1.86. The van der Waals surface area contributed by atoms with Crippen LogP contribution in [0.5, 0.6) is 0 Å². The van der Waals surface area contributed by atoms with Crippen molar-refractivity contribution in [3.8, 4) is 0 Å². The highest BCUT2D eigenvalue weighted by atomic mass is 19.1. The number of rotatable bonds is 2. The summed E-state index contributed by atoms with van der Waals surface area (Å²) in [7, 11) is 0. The van der Waals surface area contributed by atoms with Gasteiger partial charge in [0.05, 0.1) is 11.7 Å². The highest BCUT2D eigenvalue weighted by Crippen LogP contribution is 1.93. The zero-order chi connectivity index (χ0) is 6.57. The molecule has 0 radical (unpaired) electrons. The molecule has 3 N–H and O–H groups in total. The van der Waals surface area contributed by atoms with Crippen molar-refractivity contribution >= 4 is 5.84 Å². The maximum Gasteiger partial charge on any atom is 0.0944 e. The molecule has 0 aromatic carbocycles. The third-order valence-electron chi connectivity index (χ3n) is 0.603. The summed E-state index contributed by atoms with van der Waals surface area (Å²) in [6, 6.07) is 0. The van der Waals surface area contributed by atoms with Crippen LogP contribution in [0.2, 0.25) is 0 Å². The quantitative estimate of drug-likeness (QED) is 0.413. The minimum Gasteiger partial charge on any atom is -0.387 e. The van der Waals surface area contributed by atoms with E-state index in [1.54, 1.807) is 0 Å². The maximum atomic E-state index is 11.8. The average molecular weight is 116 g/mol. The van der Waals surface area contributed by atoms with E-state index in [0.29, 0.717) is 0 Å². The Morgan fingerprint density at radius 3 is 2.50 bits per heavy atom. The molecule has 0 heterocycles. The molecule has 0 spiro atoms. The van der Waals surface area contributed by atoms with E-state index in [1.807, 2.05) is 0 Å². The molecule has 0 aliphatic heterocycles. The van der Waals surface area contributed by atoms with Crippen molar-refractivity contribution in [2.45, 2.75) is 13.3 Å². The predicted molar refractivity (Wildman–Crippen MR) is 31.4 cm³/mol. The number of nitrogens with two attached hydrogens (primary N) is 1. The summed E-state index contributed by atoms with van der Waals surface area (Å²) in [5, 5.41) is 6.65. The summed E-state index contributed by atoms with van der Waals surface area (Å²) < 4.78 is 11.8. The van der Waals surface area contributed by atoms with Crippen molar-refractivity contribution < 1.29 is 4.39 Å². The molecule has 0 rings (SSSR count). The fourth-order valence-electron chi connectivity index (χ4n) is 0.251. The molecule has 0 fully saturated rings. The fraction of sp³-hybridized carbons (Fsp3) is 0.400. The van der Waals surface area contributed by atoms with Gasteiger partial charge in [-0.05, 0) is 13.0 Å². The first-order chi connectivity index (χ1) is 3.63. The van der Waals surface area contributed by atoms with Crippen LogP contribution in [0.3, 0.4) is 0 Å². The molecule has 0 unspecified atom stereocenters. The van der Waals surface area contributed by atoms with Crippen molar-refractivity contribution in [2.75, 3.05) is 0 Å². The summed E-state index contributed by atoms with van der Waals surface area (Å²) in [5.41, 5.74) is 4.91. The minimum absolute atomic E-state index is 0.0120. The largest absolute Gasteiger partial charge is 0.387 e. The van der Waals surface area contributed by atoms with Gasteiger partial charge < -0.3 is 5.73 Å². The van der Waals surface area contributed by atoms with Gasteiger partial charge in [0, 0.05) is 6.42 Å². The minimum atomic E-state index is -0.291. The molecule has 0 aliphatic carbocycles. The summed E-state index contributed by atoms with van der Waals surface area (Å²) in [6.07, 6.45) is 1.48. The summed E-state index contributed by atoms with van der Waals surface area (Å²) in [6.45, 7) is 1.32. The van der Waals surface area contributed by atoms with Crippen molar-refractivity contribution in [1.29, 1.82) is 5.41 Å². The molecule has 0 bridgehead atoms. The van der Waals surface area contributed by atoms with E-state index in [-0.39, 0.29) is 18.1 Å². The molecule has 0 saturated heterocycles. The van der Waals surface area contributed by atoms with Crippen LogP contribution >= 0.6 is 0 Å². The van der Waals surface area contributed by atoms with Crippen molar-refractivity contribution in [2.24, 2.45) is 5.73 Å². The Morgan fingerprint density at radius 2 is 2.38 bits per heavy atom. The van der Waals surface area contributed by atoms with E-state index >= 15 is 0 Å². The Hall–Kier alpha value is -0.860. The molecular formula is C5H9FN2. The van der Waals surface area contributed by atoms with Crippen LogP contribution in [0.15, 0.2) is 11.9 Å². The van der Waals surface area contributed by atoms with Gasteiger partial charge in [0.1, 0.15) is 0 Å². The first-order valence-electron chi connectivity index (χ1n) is 2.28. The molecule has 3 heteroatoms. The molecule has 8 heavy (non-hydrogen) atoms. The second kappa shape index (κ2) is 3.18. The van der Waals surface area contributed by atoms with Crippen LogP contribution in [0.1, 0.15) is 13.3 Å². The van der Waals surface area contributed by atoms with E-state index in [4.69, 9.17) is 11.1 Å². The molecule has 2 nitrogen and oxygen atoms in total. The SMILES string of the molecule is C/C(F)=C\CC(=N)N. The van der Waals surface area contributed by atoms with Gasteiger partial charge in [-0.25, -0.2) is 4.39 Å². The Kier molecular flexibility index (Phi) is 2.84. The van der Waals surface area contributed by atoms with Gasteiger partial charge in [-0.3, -0.25) is 5.41 Å². The number of halogens is 1. The molecule has 0 saturated carbocycles. The molecule has 0 aromatic heterocycles. The lowest BCUT2D eigenvalue weighted by atomic mass is 10.3. The van der Waals surface area contributed by atoms with Gasteiger partial charge in [-0.2, -0.15) is 0 Å². The second-order valence-electron chi connectivity index (χ2n) is 1.52. The average Bonchev–Trinajstić information content (AvgIpc) is 1.61. The van der Waals surface area contributed by atoms with Crippen LogP contribution in [0, 0.1) is 5.41 Å². The van der Waals surface area contributed by atoms with Gasteiger partial charge in [0.2, 0.25) is 0 Å². The number of hydrogen-bond donors (Lipinski definition) is 2. The second-order valence-corrected chi connectivity index (χ2v) is 1.52. The first kappa shape index (κ1) is 7.14. The van der Waals surface area contributed by atoms with Crippen molar-refractivity contribution in [1.82, 2.24) is 0 Å². The standard InChI is InChI=1S/C5H9FN2/c1-4(6)2-3-5(7)8/h2H,3H2,1H3,(H3,7,8)/b4-2+. The predicted octanol–water partition coefficient (Wildman–Crippen LogP) is 1.19. The molecule has 0 aliphatic rings. The number of nitrogens with one attached hydrogen (secondary N) is 1. The number of hydrogen-bond acceptors (Lipinski definition) is 1. The van der Waals surface area contributed by atoms with Gasteiger partial charge in [0.25, 0.3) is 0 Å². The van der Waals surface area contributed by atoms with Gasteiger partial charge >= 0.3 is 0 Å². The normalized spacial score (nSPS) is 11.5. The van der Waals surface area contributed by atoms with Crippen LogP contribution in [-0.2, 0) is 0 Å². The number of amidine groups is 1.